The molecule has 3 rings (SSSR count). The van der Waals surface area contributed by atoms with Crippen molar-refractivity contribution in [1.82, 2.24) is 14.0 Å². The lowest BCUT2D eigenvalue weighted by molar-refractivity contribution is -0.137. The van der Waals surface area contributed by atoms with Gasteiger partial charge in [0.05, 0.1) is 18.8 Å². The van der Waals surface area contributed by atoms with Crippen molar-refractivity contribution in [2.45, 2.75) is 25.9 Å². The number of hydrogen-bond donors (Lipinski definition) is 2. The highest BCUT2D eigenvalue weighted by atomic mass is 32.2. The third-order valence-electron chi connectivity index (χ3n) is 4.51. The molecule has 2 heterocycles. The summed E-state index contributed by atoms with van der Waals surface area (Å²) in [7, 11) is -4.09. The van der Waals surface area contributed by atoms with E-state index in [1.807, 2.05) is 4.72 Å². The van der Waals surface area contributed by atoms with E-state index in [0.29, 0.717) is 5.56 Å². The Labute approximate surface area is 176 Å². The van der Waals surface area contributed by atoms with Crippen molar-refractivity contribution >= 4 is 27.8 Å². The first-order valence-corrected chi connectivity index (χ1v) is 10.7. The van der Waals surface area contributed by atoms with E-state index in [1.165, 1.54) is 6.07 Å². The fraction of sp³-hybridized carbons (Fsp3) is 0.444. The van der Waals surface area contributed by atoms with Crippen LogP contribution in [0.5, 0.6) is 0 Å². The monoisotopic (exact) mass is 462 g/mol. The summed E-state index contributed by atoms with van der Waals surface area (Å²) in [5.74, 6) is -1.14. The van der Waals surface area contributed by atoms with E-state index in [9.17, 15) is 26.4 Å². The molecule has 1 aromatic carbocycles. The minimum atomic E-state index is -4.54. The topological polar surface area (TPSA) is 114 Å². The van der Waals surface area contributed by atoms with Crippen molar-refractivity contribution in [1.29, 1.82) is 0 Å². The quantitative estimate of drug-likeness (QED) is 0.679. The Kier molecular flexibility index (Phi) is 6.57. The summed E-state index contributed by atoms with van der Waals surface area (Å²) in [6.45, 7) is 4.23. The largest absolute Gasteiger partial charge is 0.431 e. The summed E-state index contributed by atoms with van der Waals surface area (Å²) < 4.78 is 76.9. The number of rotatable bonds is 6. The zero-order valence-corrected chi connectivity index (χ0v) is 17.5. The molecule has 31 heavy (non-hydrogen) atoms. The molecule has 1 saturated heterocycles. The van der Waals surface area contributed by atoms with Crippen LogP contribution in [0, 0.1) is 0 Å². The number of nitrogens with one attached hydrogen (secondary N) is 2. The fourth-order valence-electron chi connectivity index (χ4n) is 2.92. The van der Waals surface area contributed by atoms with Crippen LogP contribution in [-0.2, 0) is 21.1 Å². The number of alkyl halides is 3. The molecule has 1 aliphatic rings. The Morgan fingerprint density at radius 2 is 1.90 bits per heavy atom. The Morgan fingerprint density at radius 1 is 1.23 bits per heavy atom. The number of hydrogen-bond acceptors (Lipinski definition) is 7. The van der Waals surface area contributed by atoms with Crippen LogP contribution in [0.4, 0.5) is 24.9 Å². The van der Waals surface area contributed by atoms with Gasteiger partial charge in [0.1, 0.15) is 6.26 Å². The van der Waals surface area contributed by atoms with Gasteiger partial charge >= 0.3 is 16.4 Å². The molecule has 2 aromatic rings. The summed E-state index contributed by atoms with van der Waals surface area (Å²) in [6.07, 6.45) is -3.63. The van der Waals surface area contributed by atoms with Crippen LogP contribution in [0.1, 0.15) is 41.4 Å². The van der Waals surface area contributed by atoms with Crippen LogP contribution >= 0.6 is 0 Å². The van der Waals surface area contributed by atoms with Gasteiger partial charge in [-0.3, -0.25) is 4.79 Å². The highest BCUT2D eigenvalue weighted by molar-refractivity contribution is 7.87. The Morgan fingerprint density at radius 3 is 2.52 bits per heavy atom. The van der Waals surface area contributed by atoms with Gasteiger partial charge in [-0.05, 0) is 23.6 Å². The number of benzene rings is 1. The van der Waals surface area contributed by atoms with Crippen LogP contribution in [0.2, 0.25) is 0 Å². The zero-order chi connectivity index (χ0) is 22.8. The molecule has 0 bridgehead atoms. The fourth-order valence-corrected chi connectivity index (χ4v) is 4.01. The third-order valence-corrected chi connectivity index (χ3v) is 6.00. The van der Waals surface area contributed by atoms with Crippen molar-refractivity contribution < 1.29 is 35.5 Å². The highest BCUT2D eigenvalue weighted by Crippen LogP contribution is 2.35. The van der Waals surface area contributed by atoms with Gasteiger partial charge in [0, 0.05) is 18.8 Å². The van der Waals surface area contributed by atoms with Crippen molar-refractivity contribution in [3.8, 4) is 0 Å². The lowest BCUT2D eigenvalue weighted by Gasteiger charge is -2.25. The molecule has 0 radical (unpaired) electrons. The molecule has 0 spiro atoms. The van der Waals surface area contributed by atoms with Gasteiger partial charge in [-0.1, -0.05) is 19.9 Å². The molecule has 1 fully saturated rings. The molecule has 9 nitrogen and oxygen atoms in total. The Balaban J connectivity index is 1.77. The molecule has 1 amide bonds. The van der Waals surface area contributed by atoms with Gasteiger partial charge in [0.15, 0.2) is 5.69 Å². The number of oxazole rings is 1. The first kappa shape index (κ1) is 23.0. The van der Waals surface area contributed by atoms with E-state index in [-0.39, 0.29) is 49.6 Å². The van der Waals surface area contributed by atoms with Crippen LogP contribution in [-0.4, -0.2) is 49.9 Å². The Bertz CT molecular complexity index is 1050. The van der Waals surface area contributed by atoms with E-state index in [4.69, 9.17) is 9.15 Å². The minimum absolute atomic E-state index is 0.0990. The van der Waals surface area contributed by atoms with Crippen LogP contribution in [0.25, 0.3) is 0 Å². The molecule has 0 aliphatic carbocycles. The highest BCUT2D eigenvalue weighted by Gasteiger charge is 2.32. The predicted molar refractivity (Wildman–Crippen MR) is 104 cm³/mol. The first-order valence-electron chi connectivity index (χ1n) is 9.31. The van der Waals surface area contributed by atoms with Gasteiger partial charge in [0.2, 0.25) is 0 Å². The molecular weight excluding hydrogens is 441 g/mol. The van der Waals surface area contributed by atoms with E-state index in [1.54, 1.807) is 13.8 Å². The molecule has 0 atom stereocenters. The summed E-state index contributed by atoms with van der Waals surface area (Å²) in [4.78, 5) is 16.1. The normalized spacial score (nSPS) is 15.8. The molecule has 1 aliphatic heterocycles. The number of amides is 1. The summed E-state index contributed by atoms with van der Waals surface area (Å²) in [5, 5.41) is 2.63. The first-order chi connectivity index (χ1) is 14.5. The molecule has 2 N–H and O–H groups in total. The molecule has 170 valence electrons. The molecule has 13 heteroatoms. The number of nitrogens with zero attached hydrogens (tertiary/aromatic N) is 2. The van der Waals surface area contributed by atoms with Crippen molar-refractivity contribution in [3.63, 3.8) is 0 Å². The predicted octanol–water partition coefficient (Wildman–Crippen LogP) is 2.87. The Hall–Kier alpha value is -2.64. The number of morpholine rings is 1. The number of ether oxygens (including phenoxy) is 1. The SMILES string of the molecule is CC(C)c1ccc(C(F)(F)F)cc1Nc1nc(C(=O)NS(=O)(=O)N2CCOCC2)co1. The summed E-state index contributed by atoms with van der Waals surface area (Å²) in [5.41, 5.74) is -0.524. The molecule has 0 saturated carbocycles. The van der Waals surface area contributed by atoms with Gasteiger partial charge in [-0.2, -0.15) is 30.9 Å². The van der Waals surface area contributed by atoms with Crippen LogP contribution in [0.15, 0.2) is 28.9 Å². The van der Waals surface area contributed by atoms with Gasteiger partial charge in [-0.25, -0.2) is 4.72 Å². The van der Waals surface area contributed by atoms with Crippen molar-refractivity contribution in [3.05, 3.63) is 41.3 Å². The van der Waals surface area contributed by atoms with Crippen molar-refractivity contribution in [2.24, 2.45) is 0 Å². The average molecular weight is 462 g/mol. The van der Waals surface area contributed by atoms with E-state index in [0.717, 1.165) is 22.7 Å². The van der Waals surface area contributed by atoms with E-state index in [2.05, 4.69) is 10.3 Å². The second-order valence-corrected chi connectivity index (χ2v) is 8.74. The molecule has 1 aromatic heterocycles. The maximum Gasteiger partial charge on any atom is 0.416 e. The smallest absolute Gasteiger partial charge is 0.416 e. The molecular formula is C18H21F3N4O5S. The zero-order valence-electron chi connectivity index (χ0n) is 16.7. The number of aromatic nitrogens is 1. The molecule has 0 unspecified atom stereocenters. The number of halogens is 3. The van der Waals surface area contributed by atoms with Gasteiger partial charge in [-0.15, -0.1) is 0 Å². The number of anilines is 2. The summed E-state index contributed by atoms with van der Waals surface area (Å²) >= 11 is 0. The maximum atomic E-state index is 13.1. The van der Waals surface area contributed by atoms with Crippen LogP contribution < -0.4 is 10.0 Å². The van der Waals surface area contributed by atoms with E-state index < -0.39 is 27.9 Å². The van der Waals surface area contributed by atoms with Crippen LogP contribution in [0.3, 0.4) is 0 Å². The van der Waals surface area contributed by atoms with Gasteiger partial charge < -0.3 is 14.5 Å². The second kappa shape index (κ2) is 8.85. The number of carbonyl (C=O) groups excluding carboxylic acids is 1. The average Bonchev–Trinajstić information content (AvgIpc) is 3.16. The number of carbonyl (C=O) groups is 1. The van der Waals surface area contributed by atoms with Gasteiger partial charge in [0.25, 0.3) is 11.9 Å². The maximum absolute atomic E-state index is 13.1. The summed E-state index contributed by atoms with van der Waals surface area (Å²) in [6, 6.07) is 2.99. The lowest BCUT2D eigenvalue weighted by Crippen LogP contribution is -2.48. The minimum Gasteiger partial charge on any atom is -0.431 e. The third kappa shape index (κ3) is 5.54. The second-order valence-electron chi connectivity index (χ2n) is 7.07. The standard InChI is InChI=1S/C18H21F3N4O5S/c1-11(2)13-4-3-12(18(19,20)21)9-14(13)22-17-23-15(10-30-17)16(26)24-31(27,28)25-5-7-29-8-6-25/h3-4,9-11H,5-8H2,1-2H3,(H,22,23)(H,24,26). The lowest BCUT2D eigenvalue weighted by atomic mass is 9.99. The van der Waals surface area contributed by atoms with E-state index >= 15 is 0 Å². The van der Waals surface area contributed by atoms with Crippen molar-refractivity contribution in [2.75, 3.05) is 31.6 Å².